The van der Waals surface area contributed by atoms with Crippen LogP contribution in [0.2, 0.25) is 0 Å². The molecule has 8 aromatic rings. The van der Waals surface area contributed by atoms with E-state index >= 15 is 0 Å². The largest absolute Gasteiger partial charge is 0.314 e. The van der Waals surface area contributed by atoms with Gasteiger partial charge >= 0.3 is 0 Å². The van der Waals surface area contributed by atoms with E-state index in [9.17, 15) is 0 Å². The Bertz CT molecular complexity index is 2520. The summed E-state index contributed by atoms with van der Waals surface area (Å²) in [6.45, 7) is 2.29. The molecule has 0 saturated heterocycles. The first kappa shape index (κ1) is 30.7. The Balaban J connectivity index is 1.12. The molecular formula is C49H38N2. The summed E-state index contributed by atoms with van der Waals surface area (Å²) in [6, 6.07) is 63.8. The summed E-state index contributed by atoms with van der Waals surface area (Å²) in [4.78, 5) is 2.43. The van der Waals surface area contributed by atoms with Crippen LogP contribution in [0.3, 0.4) is 0 Å². The van der Waals surface area contributed by atoms with Gasteiger partial charge in [-0.3, -0.25) is 0 Å². The van der Waals surface area contributed by atoms with Gasteiger partial charge in [-0.25, -0.2) is 0 Å². The Morgan fingerprint density at radius 2 is 1.02 bits per heavy atom. The highest BCUT2D eigenvalue weighted by atomic mass is 15.2. The monoisotopic (exact) mass is 654 g/mol. The van der Waals surface area contributed by atoms with Gasteiger partial charge in [-0.15, -0.1) is 0 Å². The minimum absolute atomic E-state index is 0.489. The van der Waals surface area contributed by atoms with Gasteiger partial charge in [0, 0.05) is 33.5 Å². The first-order chi connectivity index (χ1) is 25.2. The molecule has 1 aliphatic rings. The number of allylic oxidation sites excluding steroid dienone is 4. The molecule has 0 bridgehead atoms. The molecular weight excluding hydrogens is 617 g/mol. The van der Waals surface area contributed by atoms with Gasteiger partial charge in [-0.2, -0.15) is 0 Å². The second-order valence-corrected chi connectivity index (χ2v) is 13.5. The highest BCUT2D eigenvalue weighted by Gasteiger charge is 2.21. The third-order valence-electron chi connectivity index (χ3n) is 10.1. The molecule has 0 amide bonds. The summed E-state index contributed by atoms with van der Waals surface area (Å²) in [6.07, 6.45) is 7.75. The average molecular weight is 655 g/mol. The van der Waals surface area contributed by atoms with Crippen molar-refractivity contribution in [1.82, 2.24) is 4.57 Å². The zero-order valence-corrected chi connectivity index (χ0v) is 28.7. The van der Waals surface area contributed by atoms with Crippen LogP contribution in [0.5, 0.6) is 0 Å². The second-order valence-electron chi connectivity index (χ2n) is 13.5. The van der Waals surface area contributed by atoms with Gasteiger partial charge in [0.15, 0.2) is 0 Å². The van der Waals surface area contributed by atoms with E-state index in [1.165, 1.54) is 66.6 Å². The molecule has 1 aromatic heterocycles. The lowest BCUT2D eigenvalue weighted by Crippen LogP contribution is -2.19. The van der Waals surface area contributed by atoms with Crippen LogP contribution in [0.25, 0.3) is 60.9 Å². The van der Waals surface area contributed by atoms with Crippen LogP contribution in [0.4, 0.5) is 11.4 Å². The van der Waals surface area contributed by atoms with Crippen molar-refractivity contribution in [3.05, 3.63) is 200 Å². The van der Waals surface area contributed by atoms with E-state index in [1.807, 2.05) is 0 Å². The van der Waals surface area contributed by atoms with Crippen LogP contribution in [0.1, 0.15) is 13.3 Å². The van der Waals surface area contributed by atoms with Crippen molar-refractivity contribution >= 4 is 33.2 Å². The first-order valence-corrected chi connectivity index (χ1v) is 17.8. The predicted octanol–water partition coefficient (Wildman–Crippen LogP) is 13.4. The molecule has 1 aliphatic carbocycles. The number of nitrogens with zero attached hydrogens (tertiary/aromatic N) is 2. The molecule has 0 N–H and O–H groups in total. The van der Waals surface area contributed by atoms with Crippen LogP contribution in [-0.2, 0) is 0 Å². The fourth-order valence-electron chi connectivity index (χ4n) is 7.57. The smallest absolute Gasteiger partial charge is 0.0561 e. The molecule has 0 fully saturated rings. The summed E-state index contributed by atoms with van der Waals surface area (Å²) >= 11 is 0. The molecule has 51 heavy (non-hydrogen) atoms. The Morgan fingerprint density at radius 3 is 1.65 bits per heavy atom. The maximum absolute atomic E-state index is 2.43. The fraction of sp³-hybridized carbons (Fsp3) is 0.0612. The molecule has 0 aliphatic heterocycles. The molecule has 1 heterocycles. The topological polar surface area (TPSA) is 8.17 Å². The first-order valence-electron chi connectivity index (χ1n) is 17.8. The van der Waals surface area contributed by atoms with Gasteiger partial charge in [0.05, 0.1) is 11.0 Å². The summed E-state index contributed by atoms with van der Waals surface area (Å²) in [5.41, 5.74) is 14.5. The molecule has 2 heteroatoms. The zero-order valence-electron chi connectivity index (χ0n) is 28.7. The highest BCUT2D eigenvalue weighted by Crippen LogP contribution is 2.40. The lowest BCUT2D eigenvalue weighted by Gasteiger charge is -2.30. The Kier molecular flexibility index (Phi) is 7.91. The van der Waals surface area contributed by atoms with Crippen molar-refractivity contribution in [2.24, 2.45) is 5.92 Å². The number of aromatic nitrogens is 1. The minimum Gasteiger partial charge on any atom is -0.314 e. The van der Waals surface area contributed by atoms with Gasteiger partial charge in [-0.1, -0.05) is 146 Å². The number of para-hydroxylation sites is 2. The van der Waals surface area contributed by atoms with Crippen LogP contribution >= 0.6 is 0 Å². The van der Waals surface area contributed by atoms with Crippen molar-refractivity contribution < 1.29 is 0 Å². The Morgan fingerprint density at radius 1 is 0.471 bits per heavy atom. The van der Waals surface area contributed by atoms with Gasteiger partial charge in [0.2, 0.25) is 0 Å². The fourth-order valence-corrected chi connectivity index (χ4v) is 7.57. The molecule has 0 radical (unpaired) electrons. The van der Waals surface area contributed by atoms with Crippen LogP contribution in [0.15, 0.2) is 200 Å². The number of anilines is 2. The van der Waals surface area contributed by atoms with Crippen LogP contribution < -0.4 is 4.90 Å². The zero-order chi connectivity index (χ0) is 34.1. The summed E-state index contributed by atoms with van der Waals surface area (Å²) < 4.78 is 2.42. The molecule has 2 nitrogen and oxygen atoms in total. The van der Waals surface area contributed by atoms with Crippen molar-refractivity contribution in [1.29, 1.82) is 0 Å². The van der Waals surface area contributed by atoms with Crippen LogP contribution in [0, 0.1) is 5.92 Å². The summed E-state index contributed by atoms with van der Waals surface area (Å²) in [7, 11) is 0. The van der Waals surface area contributed by atoms with Crippen molar-refractivity contribution in [3.8, 4) is 39.1 Å². The molecule has 7 aromatic carbocycles. The predicted molar refractivity (Wildman–Crippen MR) is 217 cm³/mol. The van der Waals surface area contributed by atoms with Gasteiger partial charge in [0.1, 0.15) is 0 Å². The molecule has 1 atom stereocenters. The number of rotatable bonds is 7. The van der Waals surface area contributed by atoms with E-state index in [0.717, 1.165) is 17.8 Å². The second kappa shape index (κ2) is 13.2. The van der Waals surface area contributed by atoms with Gasteiger partial charge < -0.3 is 9.47 Å². The number of hydrogen-bond donors (Lipinski definition) is 0. The van der Waals surface area contributed by atoms with E-state index in [2.05, 4.69) is 211 Å². The van der Waals surface area contributed by atoms with E-state index < -0.39 is 0 Å². The minimum atomic E-state index is 0.489. The third kappa shape index (κ3) is 5.85. The lowest BCUT2D eigenvalue weighted by molar-refractivity contribution is 0.696. The quantitative estimate of drug-likeness (QED) is 0.166. The summed E-state index contributed by atoms with van der Waals surface area (Å²) in [5, 5.41) is 2.49. The normalized spacial score (nSPS) is 14.1. The highest BCUT2D eigenvalue weighted by molar-refractivity contribution is 6.11. The molecule has 244 valence electrons. The van der Waals surface area contributed by atoms with Crippen molar-refractivity contribution in [2.45, 2.75) is 13.3 Å². The van der Waals surface area contributed by atoms with Crippen LogP contribution in [-0.4, -0.2) is 4.57 Å². The van der Waals surface area contributed by atoms with Crippen molar-refractivity contribution in [3.63, 3.8) is 0 Å². The Labute approximate surface area is 299 Å². The van der Waals surface area contributed by atoms with E-state index in [-0.39, 0.29) is 0 Å². The number of hydrogen-bond acceptors (Lipinski definition) is 1. The average Bonchev–Trinajstić information content (AvgIpc) is 3.52. The van der Waals surface area contributed by atoms with Gasteiger partial charge in [-0.05, 0) is 100 Å². The molecule has 9 rings (SSSR count). The number of benzene rings is 7. The molecule has 0 spiro atoms. The third-order valence-corrected chi connectivity index (χ3v) is 10.1. The molecule has 1 unspecified atom stereocenters. The SMILES string of the molecule is CC1C=CC=C(N(c2ccccc2)c2ccc3c4cc(-c5ccc(-c6ccc(-c7ccccc7)cc6)cc5)ccc4n(-c4ccccc4)c3c2)C1. The van der Waals surface area contributed by atoms with E-state index in [0.29, 0.717) is 5.92 Å². The van der Waals surface area contributed by atoms with Gasteiger partial charge in [0.25, 0.3) is 0 Å². The standard InChI is InChI=1S/C49H38N2/c1-35-12-11-19-44(32-35)50(42-15-7-3-8-16-42)45-29-30-46-47-33-41(28-31-48(47)51(49(46)34-45)43-17-9-4-10-18-43)40-26-24-39(25-27-40)38-22-20-37(21-23-38)36-13-5-2-6-14-36/h2-31,33-35H,32H2,1H3. The van der Waals surface area contributed by atoms with Crippen molar-refractivity contribution in [2.75, 3.05) is 4.90 Å². The maximum Gasteiger partial charge on any atom is 0.0561 e. The number of fused-ring (bicyclic) bond motifs is 3. The lowest BCUT2D eigenvalue weighted by atomic mass is 9.97. The maximum atomic E-state index is 2.43. The molecule has 0 saturated carbocycles. The summed E-state index contributed by atoms with van der Waals surface area (Å²) in [5.74, 6) is 0.489. The Hall–Kier alpha value is -6.38. The van der Waals surface area contributed by atoms with E-state index in [1.54, 1.807) is 0 Å². The van der Waals surface area contributed by atoms with E-state index in [4.69, 9.17) is 0 Å².